The fourth-order valence-corrected chi connectivity index (χ4v) is 6.43. The third kappa shape index (κ3) is 7.68. The zero-order valence-electron chi connectivity index (χ0n) is 31.9. The number of halogens is 1. The van der Waals surface area contributed by atoms with Crippen molar-refractivity contribution < 1.29 is 23.7 Å². The summed E-state index contributed by atoms with van der Waals surface area (Å²) in [5.41, 5.74) is 7.17. The highest BCUT2D eigenvalue weighted by Gasteiger charge is 2.16. The van der Waals surface area contributed by atoms with Crippen LogP contribution in [-0.4, -0.2) is 85.7 Å². The Morgan fingerprint density at radius 3 is 1.97 bits per heavy atom. The zero-order valence-corrected chi connectivity index (χ0v) is 32.7. The number of ether oxygens (including phenoxy) is 5. The predicted octanol–water partition coefficient (Wildman–Crippen LogP) is 7.88. The lowest BCUT2D eigenvalue weighted by Gasteiger charge is -2.11. The van der Waals surface area contributed by atoms with Crippen LogP contribution in [0.4, 0.5) is 11.5 Å². The van der Waals surface area contributed by atoms with E-state index in [-0.39, 0.29) is 0 Å². The number of aromatic amines is 2. The van der Waals surface area contributed by atoms with E-state index in [1.165, 1.54) is 0 Å². The van der Waals surface area contributed by atoms with E-state index in [1.807, 2.05) is 85.1 Å². The van der Waals surface area contributed by atoms with Gasteiger partial charge in [-0.3, -0.25) is 14.9 Å². The van der Waals surface area contributed by atoms with Crippen LogP contribution < -0.4 is 29.0 Å². The van der Waals surface area contributed by atoms with Crippen molar-refractivity contribution in [1.29, 1.82) is 0 Å². The molecule has 9 rings (SSSR count). The first-order valence-corrected chi connectivity index (χ1v) is 18.1. The van der Waals surface area contributed by atoms with Gasteiger partial charge < -0.3 is 29.0 Å². The van der Waals surface area contributed by atoms with E-state index in [9.17, 15) is 0 Å². The molecule has 0 spiro atoms. The number of benzene rings is 4. The Hall–Kier alpha value is -7.46. The van der Waals surface area contributed by atoms with Crippen molar-refractivity contribution in [2.45, 2.75) is 6.54 Å². The molecule has 0 saturated heterocycles. The van der Waals surface area contributed by atoms with E-state index in [1.54, 1.807) is 52.6 Å². The Kier molecular flexibility index (Phi) is 10.5. The van der Waals surface area contributed by atoms with Crippen LogP contribution >= 0.6 is 11.6 Å². The molecule has 0 unspecified atom stereocenters. The quantitative estimate of drug-likeness (QED) is 0.108. The maximum atomic E-state index is 6.40. The van der Waals surface area contributed by atoms with Crippen LogP contribution in [0.5, 0.6) is 28.7 Å². The predicted molar refractivity (Wildman–Crippen MR) is 221 cm³/mol. The molecule has 0 saturated carbocycles. The average Bonchev–Trinajstić information content (AvgIpc) is 4.04. The summed E-state index contributed by atoms with van der Waals surface area (Å²) in [6.45, 7) is 0.586. The summed E-state index contributed by atoms with van der Waals surface area (Å²) in [5.74, 6) is 4.97. The van der Waals surface area contributed by atoms with Gasteiger partial charge in [0.2, 0.25) is 0 Å². The molecular weight excluding hydrogens is 762 g/mol. The molecule has 9 aromatic rings. The van der Waals surface area contributed by atoms with E-state index >= 15 is 0 Å². The van der Waals surface area contributed by atoms with Crippen molar-refractivity contribution in [2.75, 3.05) is 40.9 Å². The highest BCUT2D eigenvalue weighted by Crippen LogP contribution is 2.34. The van der Waals surface area contributed by atoms with Gasteiger partial charge >= 0.3 is 0 Å². The fourth-order valence-electron chi connectivity index (χ4n) is 6.22. The Morgan fingerprint density at radius 2 is 1.29 bits per heavy atom. The summed E-state index contributed by atoms with van der Waals surface area (Å²) in [6.07, 6.45) is 5.31. The van der Waals surface area contributed by atoms with Gasteiger partial charge in [0.1, 0.15) is 27.8 Å². The maximum absolute atomic E-state index is 6.40. The van der Waals surface area contributed by atoms with E-state index in [2.05, 4.69) is 45.8 Å². The molecule has 4 aromatic carbocycles. The number of methoxy groups -OCH3 is 5. The van der Waals surface area contributed by atoms with Crippen LogP contribution in [-0.2, 0) is 6.54 Å². The van der Waals surface area contributed by atoms with Crippen LogP contribution in [0.1, 0.15) is 5.56 Å². The van der Waals surface area contributed by atoms with E-state index in [0.717, 1.165) is 44.5 Å². The highest BCUT2D eigenvalue weighted by molar-refractivity contribution is 6.33. The minimum Gasteiger partial charge on any atom is -0.497 e. The van der Waals surface area contributed by atoms with Gasteiger partial charge in [0, 0.05) is 22.2 Å². The fraction of sp³-hybridized carbons (Fsp3) is 0.146. The minimum absolute atomic E-state index is 0.299. The molecule has 0 aliphatic carbocycles. The van der Waals surface area contributed by atoms with Gasteiger partial charge in [-0.25, -0.2) is 19.9 Å². The van der Waals surface area contributed by atoms with Crippen LogP contribution in [0.2, 0.25) is 5.15 Å². The molecule has 16 nitrogen and oxygen atoms in total. The number of fused-ring (bicyclic) bond motifs is 3. The van der Waals surface area contributed by atoms with Crippen LogP contribution in [0.15, 0.2) is 97.5 Å². The molecule has 0 atom stereocenters. The summed E-state index contributed by atoms with van der Waals surface area (Å²) in [5, 5.41) is 23.3. The molecule has 0 fully saturated rings. The van der Waals surface area contributed by atoms with Crippen molar-refractivity contribution in [3.05, 3.63) is 108 Å². The molecule has 3 N–H and O–H groups in total. The lowest BCUT2D eigenvalue weighted by Crippen LogP contribution is -1.99. The molecule has 5 heterocycles. The van der Waals surface area contributed by atoms with Gasteiger partial charge in [0.05, 0.1) is 66.2 Å². The van der Waals surface area contributed by atoms with Gasteiger partial charge in [0.15, 0.2) is 45.6 Å². The van der Waals surface area contributed by atoms with Crippen molar-refractivity contribution in [3.63, 3.8) is 0 Å². The summed E-state index contributed by atoms with van der Waals surface area (Å²) in [4.78, 5) is 18.4. The minimum atomic E-state index is 0.299. The van der Waals surface area contributed by atoms with E-state index in [4.69, 9.17) is 40.3 Å². The average molecular weight is 798 g/mol. The first-order chi connectivity index (χ1) is 28.4. The second-order valence-corrected chi connectivity index (χ2v) is 13.1. The monoisotopic (exact) mass is 797 g/mol. The first-order valence-electron chi connectivity index (χ1n) is 17.8. The summed E-state index contributed by atoms with van der Waals surface area (Å²) < 4.78 is 28.4. The van der Waals surface area contributed by atoms with Crippen molar-refractivity contribution in [3.8, 4) is 51.5 Å². The van der Waals surface area contributed by atoms with Gasteiger partial charge in [-0.2, -0.15) is 15.3 Å². The number of nitrogens with zero attached hydrogens (tertiary/aromatic N) is 8. The van der Waals surface area contributed by atoms with Crippen LogP contribution in [0.25, 0.3) is 55.7 Å². The summed E-state index contributed by atoms with van der Waals surface area (Å²) in [7, 11) is 8.02. The summed E-state index contributed by atoms with van der Waals surface area (Å²) >= 11 is 6.40. The number of hydrogen-bond acceptors (Lipinski definition) is 13. The smallest absolute Gasteiger partial charge is 0.162 e. The van der Waals surface area contributed by atoms with Gasteiger partial charge in [-0.05, 0) is 72.3 Å². The van der Waals surface area contributed by atoms with Crippen molar-refractivity contribution in [2.24, 2.45) is 0 Å². The topological polar surface area (TPSA) is 185 Å². The number of H-pyrrole nitrogens is 2. The number of aromatic nitrogens is 10. The molecule has 0 bridgehead atoms. The molecule has 58 heavy (non-hydrogen) atoms. The largest absolute Gasteiger partial charge is 0.497 e. The second kappa shape index (κ2) is 16.3. The highest BCUT2D eigenvalue weighted by atomic mass is 35.5. The molecule has 292 valence electrons. The molecule has 0 amide bonds. The lowest BCUT2D eigenvalue weighted by molar-refractivity contribution is 0.355. The maximum Gasteiger partial charge on any atom is 0.162 e. The summed E-state index contributed by atoms with van der Waals surface area (Å²) in [6, 6.07) is 24.8. The first kappa shape index (κ1) is 37.5. The Bertz CT molecular complexity index is 2880. The molecule has 17 heteroatoms. The zero-order chi connectivity index (χ0) is 40.2. The van der Waals surface area contributed by atoms with Gasteiger partial charge in [-0.15, -0.1) is 0 Å². The standard InChI is InChI=1S/C21H19ClN4O3.C20H17N7O2/c1-27-15-7-4-13(5-8-15)11-26-12-16-19(25-26)20(22)24-21(23-16)14-6-9-17(28-2)18(10-14)29-3;1-28-16-6-3-11(8-17(16)29-2)19-24-15-10-22-27-18(15)20(25-19)23-13-4-5-14-12(7-13)9-21-26-14/h4-10,12H,11H2,1-3H3;3-10H,1-2H3,(H,21,26)(H,22,27)(H,23,24,25). The third-order valence-corrected chi connectivity index (χ3v) is 9.42. The van der Waals surface area contributed by atoms with E-state index < -0.39 is 0 Å². The Labute approximate surface area is 336 Å². The van der Waals surface area contributed by atoms with Gasteiger partial charge in [-0.1, -0.05) is 23.7 Å². The Morgan fingerprint density at radius 1 is 0.638 bits per heavy atom. The van der Waals surface area contributed by atoms with Gasteiger partial charge in [0.25, 0.3) is 0 Å². The molecular formula is C41H36ClN11O5. The van der Waals surface area contributed by atoms with Crippen LogP contribution in [0.3, 0.4) is 0 Å². The van der Waals surface area contributed by atoms with Crippen molar-refractivity contribution in [1.82, 2.24) is 50.1 Å². The molecule has 0 aliphatic rings. The number of hydrogen-bond donors (Lipinski definition) is 3. The SMILES string of the molecule is COc1ccc(-c2nc(Nc3ccc4[nH]ncc4c3)c3[nH]ncc3n2)cc1OC.COc1ccc(Cn2cc3nc(-c4ccc(OC)c(OC)c4)nc(Cl)c3n2)cc1. The Balaban J connectivity index is 0.000000162. The molecule has 0 radical (unpaired) electrons. The van der Waals surface area contributed by atoms with Crippen molar-refractivity contribution >= 4 is 56.1 Å². The second-order valence-electron chi connectivity index (χ2n) is 12.7. The normalized spacial score (nSPS) is 11.0. The number of nitrogens with one attached hydrogen (secondary N) is 3. The third-order valence-electron chi connectivity index (χ3n) is 9.16. The lowest BCUT2D eigenvalue weighted by atomic mass is 10.2. The van der Waals surface area contributed by atoms with E-state index in [0.29, 0.717) is 68.7 Å². The van der Waals surface area contributed by atoms with Crippen LogP contribution in [0, 0.1) is 0 Å². The number of rotatable bonds is 11. The number of anilines is 2. The molecule has 5 aromatic heterocycles. The molecule has 0 aliphatic heterocycles.